The summed E-state index contributed by atoms with van der Waals surface area (Å²) in [6.07, 6.45) is 3.15. The molecular formula is C21H24F2N6O3S. The van der Waals surface area contributed by atoms with Gasteiger partial charge in [0.1, 0.15) is 11.6 Å². The molecule has 2 aromatic heterocycles. The lowest BCUT2D eigenvalue weighted by Crippen LogP contribution is -2.24. The van der Waals surface area contributed by atoms with Gasteiger partial charge in [-0.25, -0.2) is 26.9 Å². The van der Waals surface area contributed by atoms with E-state index in [0.29, 0.717) is 17.3 Å². The summed E-state index contributed by atoms with van der Waals surface area (Å²) in [5.74, 6) is -0.266. The Morgan fingerprint density at radius 2 is 1.91 bits per heavy atom. The number of sulfonamides is 1. The van der Waals surface area contributed by atoms with Crippen LogP contribution < -0.4 is 15.4 Å². The van der Waals surface area contributed by atoms with E-state index in [4.69, 9.17) is 0 Å². The average Bonchev–Trinajstić information content (AvgIpc) is 3.52. The Morgan fingerprint density at radius 1 is 1.18 bits per heavy atom. The lowest BCUT2D eigenvalue weighted by Gasteiger charge is -2.21. The van der Waals surface area contributed by atoms with Crippen molar-refractivity contribution in [2.45, 2.75) is 31.3 Å². The lowest BCUT2D eigenvalue weighted by molar-refractivity contribution is 0.276. The number of nitrogens with zero attached hydrogens (tertiary/aromatic N) is 2. The molecule has 176 valence electrons. The number of hydrogen-bond donors (Lipinski definition) is 5. The van der Waals surface area contributed by atoms with E-state index >= 15 is 0 Å². The smallest absolute Gasteiger partial charge is 0.209 e. The van der Waals surface area contributed by atoms with Crippen LogP contribution in [0.2, 0.25) is 0 Å². The van der Waals surface area contributed by atoms with Gasteiger partial charge < -0.3 is 15.7 Å². The van der Waals surface area contributed by atoms with Crippen molar-refractivity contribution in [2.24, 2.45) is 0 Å². The minimum atomic E-state index is -3.55. The molecule has 4 rings (SSSR count). The first-order valence-corrected chi connectivity index (χ1v) is 12.2. The maximum atomic E-state index is 14.8. The number of H-pyrrole nitrogens is 1. The van der Waals surface area contributed by atoms with Crippen molar-refractivity contribution >= 4 is 27.5 Å². The maximum Gasteiger partial charge on any atom is 0.209 e. The highest BCUT2D eigenvalue weighted by molar-refractivity contribution is 7.88. The number of anilines is 3. The van der Waals surface area contributed by atoms with E-state index in [-0.39, 0.29) is 30.4 Å². The van der Waals surface area contributed by atoms with Crippen molar-refractivity contribution in [1.29, 1.82) is 0 Å². The van der Waals surface area contributed by atoms with Gasteiger partial charge >= 0.3 is 0 Å². The van der Waals surface area contributed by atoms with E-state index in [1.807, 2.05) is 0 Å². The summed E-state index contributed by atoms with van der Waals surface area (Å²) < 4.78 is 53.6. The highest BCUT2D eigenvalue weighted by Gasteiger charge is 2.26. The topological polar surface area (TPSA) is 132 Å². The second-order valence-electron chi connectivity index (χ2n) is 7.96. The Hall–Kier alpha value is -3.09. The van der Waals surface area contributed by atoms with Crippen LogP contribution in [-0.4, -0.2) is 41.6 Å². The molecule has 1 fully saturated rings. The predicted octanol–water partition coefficient (Wildman–Crippen LogP) is 2.90. The summed E-state index contributed by atoms with van der Waals surface area (Å²) in [5, 5.41) is 22.8. The molecule has 0 amide bonds. The third-order valence-corrected chi connectivity index (χ3v) is 5.88. The summed E-state index contributed by atoms with van der Waals surface area (Å²) in [4.78, 5) is 4.30. The van der Waals surface area contributed by atoms with E-state index in [1.54, 1.807) is 6.07 Å². The zero-order valence-electron chi connectivity index (χ0n) is 17.8. The van der Waals surface area contributed by atoms with Crippen LogP contribution in [0.1, 0.15) is 41.6 Å². The molecule has 0 aliphatic heterocycles. The Morgan fingerprint density at radius 3 is 2.55 bits per heavy atom. The van der Waals surface area contributed by atoms with E-state index in [1.165, 1.54) is 24.3 Å². The number of nitrogens with one attached hydrogen (secondary N) is 4. The minimum absolute atomic E-state index is 0.120. The number of pyridine rings is 1. The standard InChI is InChI=1S/C21H24F2N6O3S/c1-33(31,32)24-10-14-8-16(23)21(26-19-9-17(28-29-19)12-2-3-12)27-20(14)25-18(11-30)13-4-6-15(22)7-5-13/h4-9,12,18,24,30H,2-3,10-11H2,1H3,(H3,25,26,27,28,29). The number of aromatic nitrogens is 3. The van der Waals surface area contributed by atoms with Gasteiger partial charge in [0.15, 0.2) is 17.5 Å². The van der Waals surface area contributed by atoms with Crippen LogP contribution in [0.15, 0.2) is 36.4 Å². The van der Waals surface area contributed by atoms with Crippen molar-refractivity contribution < 1.29 is 22.3 Å². The first kappa shape index (κ1) is 23.1. The quantitative estimate of drug-likeness (QED) is 0.303. The second-order valence-corrected chi connectivity index (χ2v) is 9.79. The third kappa shape index (κ3) is 6.03. The molecule has 1 aliphatic carbocycles. The molecule has 12 heteroatoms. The number of hydrogen-bond acceptors (Lipinski definition) is 7. The summed E-state index contributed by atoms with van der Waals surface area (Å²) in [7, 11) is -3.55. The minimum Gasteiger partial charge on any atom is -0.394 e. The van der Waals surface area contributed by atoms with Gasteiger partial charge in [0.25, 0.3) is 0 Å². The fourth-order valence-electron chi connectivity index (χ4n) is 3.30. The molecule has 1 unspecified atom stereocenters. The van der Waals surface area contributed by atoms with Crippen molar-refractivity contribution in [2.75, 3.05) is 23.5 Å². The van der Waals surface area contributed by atoms with E-state index < -0.39 is 27.7 Å². The van der Waals surface area contributed by atoms with Crippen molar-refractivity contribution in [1.82, 2.24) is 19.9 Å². The van der Waals surface area contributed by atoms with Gasteiger partial charge in [0, 0.05) is 29.8 Å². The van der Waals surface area contributed by atoms with Crippen LogP contribution in [-0.2, 0) is 16.6 Å². The molecule has 1 saturated carbocycles. The summed E-state index contributed by atoms with van der Waals surface area (Å²) in [6, 6.07) is 7.77. The van der Waals surface area contributed by atoms with E-state index in [2.05, 4.69) is 30.5 Å². The molecule has 1 atom stereocenters. The normalized spacial score (nSPS) is 14.8. The SMILES string of the molecule is CS(=O)(=O)NCc1cc(F)c(Nc2cc(C3CC3)[nH]n2)nc1NC(CO)c1ccc(F)cc1. The lowest BCUT2D eigenvalue weighted by atomic mass is 10.1. The van der Waals surface area contributed by atoms with Crippen LogP contribution in [0.3, 0.4) is 0 Å². The molecule has 3 aromatic rings. The number of rotatable bonds is 10. The first-order chi connectivity index (χ1) is 15.7. The van der Waals surface area contributed by atoms with E-state index in [0.717, 1.165) is 30.9 Å². The van der Waals surface area contributed by atoms with Gasteiger partial charge in [-0.05, 0) is 36.6 Å². The monoisotopic (exact) mass is 478 g/mol. The highest BCUT2D eigenvalue weighted by atomic mass is 32.2. The molecule has 1 aromatic carbocycles. The number of aromatic amines is 1. The second kappa shape index (κ2) is 9.41. The Bertz CT molecular complexity index is 1230. The molecule has 0 saturated heterocycles. The van der Waals surface area contributed by atoms with Crippen molar-refractivity contribution in [3.63, 3.8) is 0 Å². The fraction of sp³-hybridized carbons (Fsp3) is 0.333. The average molecular weight is 479 g/mol. The Kier molecular flexibility index (Phi) is 6.58. The molecule has 33 heavy (non-hydrogen) atoms. The van der Waals surface area contributed by atoms with Crippen LogP contribution in [0.5, 0.6) is 0 Å². The fourth-order valence-corrected chi connectivity index (χ4v) is 3.72. The van der Waals surface area contributed by atoms with Gasteiger partial charge in [0.05, 0.1) is 18.9 Å². The first-order valence-electron chi connectivity index (χ1n) is 10.3. The van der Waals surface area contributed by atoms with Gasteiger partial charge in [0.2, 0.25) is 10.0 Å². The van der Waals surface area contributed by atoms with Crippen molar-refractivity contribution in [3.05, 3.63) is 64.9 Å². The number of aliphatic hydroxyl groups is 1. The molecule has 0 bridgehead atoms. The van der Waals surface area contributed by atoms with Crippen LogP contribution in [0.25, 0.3) is 0 Å². The van der Waals surface area contributed by atoms with Gasteiger partial charge in [-0.3, -0.25) is 5.10 Å². The van der Waals surface area contributed by atoms with Crippen LogP contribution >= 0.6 is 0 Å². The molecule has 9 nitrogen and oxygen atoms in total. The zero-order chi connectivity index (χ0) is 23.6. The predicted molar refractivity (Wildman–Crippen MR) is 120 cm³/mol. The number of aliphatic hydroxyl groups excluding tert-OH is 1. The third-order valence-electron chi connectivity index (χ3n) is 5.21. The van der Waals surface area contributed by atoms with Gasteiger partial charge in [-0.1, -0.05) is 12.1 Å². The summed E-state index contributed by atoms with van der Waals surface area (Å²) in [5.41, 5.74) is 1.76. The molecular weight excluding hydrogens is 454 g/mol. The Labute approximate surface area is 189 Å². The van der Waals surface area contributed by atoms with Gasteiger partial charge in [-0.15, -0.1) is 0 Å². The highest BCUT2D eigenvalue weighted by Crippen LogP contribution is 2.39. The number of halogens is 2. The van der Waals surface area contributed by atoms with Crippen LogP contribution in [0.4, 0.5) is 26.2 Å². The van der Waals surface area contributed by atoms with E-state index in [9.17, 15) is 22.3 Å². The molecule has 5 N–H and O–H groups in total. The summed E-state index contributed by atoms with van der Waals surface area (Å²) >= 11 is 0. The van der Waals surface area contributed by atoms with Crippen molar-refractivity contribution in [3.8, 4) is 0 Å². The van der Waals surface area contributed by atoms with Crippen LogP contribution in [0, 0.1) is 11.6 Å². The zero-order valence-corrected chi connectivity index (χ0v) is 18.6. The summed E-state index contributed by atoms with van der Waals surface area (Å²) in [6.45, 7) is -0.586. The maximum absolute atomic E-state index is 14.8. The molecule has 2 heterocycles. The largest absolute Gasteiger partial charge is 0.394 e. The number of benzene rings is 1. The molecule has 1 aliphatic rings. The molecule has 0 radical (unpaired) electrons. The molecule has 0 spiro atoms. The van der Waals surface area contributed by atoms with Gasteiger partial charge in [-0.2, -0.15) is 5.10 Å². The Balaban J connectivity index is 1.63.